The molecule has 0 amide bonds. The van der Waals surface area contributed by atoms with Crippen LogP contribution in [0.2, 0.25) is 0 Å². The minimum absolute atomic E-state index is 0.573. The molecule has 29 heavy (non-hydrogen) atoms. The first-order valence-corrected chi connectivity index (χ1v) is 9.58. The van der Waals surface area contributed by atoms with Crippen LogP contribution in [0.25, 0.3) is 22.5 Å². The molecule has 0 N–H and O–H groups in total. The van der Waals surface area contributed by atoms with Crippen LogP contribution in [0.5, 0.6) is 5.75 Å². The van der Waals surface area contributed by atoms with Gasteiger partial charge in [-0.05, 0) is 24.3 Å². The van der Waals surface area contributed by atoms with Crippen LogP contribution in [0.3, 0.4) is 0 Å². The summed E-state index contributed by atoms with van der Waals surface area (Å²) in [7, 11) is 1.64. The van der Waals surface area contributed by atoms with Crippen molar-refractivity contribution < 1.29 is 13.7 Å². The molecule has 2 aromatic heterocycles. The topological polar surface area (TPSA) is 80.7 Å². The van der Waals surface area contributed by atoms with Crippen molar-refractivity contribution in [3.63, 3.8) is 0 Å². The van der Waals surface area contributed by atoms with E-state index in [0.717, 1.165) is 48.6 Å². The van der Waals surface area contributed by atoms with Crippen LogP contribution in [0.4, 0.5) is 6.01 Å². The molecule has 5 rings (SSSR count). The van der Waals surface area contributed by atoms with Gasteiger partial charge in [0.05, 0.1) is 13.7 Å². The minimum atomic E-state index is 0.573. The SMILES string of the molecule is COc1cccc(-c2noc(CN3CCN(c4nc5ccccc5o4)CC3)n2)c1. The van der Waals surface area contributed by atoms with E-state index in [4.69, 9.17) is 13.7 Å². The van der Waals surface area contributed by atoms with E-state index in [1.54, 1.807) is 7.11 Å². The van der Waals surface area contributed by atoms with Crippen molar-refractivity contribution in [1.29, 1.82) is 0 Å². The number of benzene rings is 2. The van der Waals surface area contributed by atoms with Crippen LogP contribution >= 0.6 is 0 Å². The van der Waals surface area contributed by atoms with Crippen molar-refractivity contribution >= 4 is 17.1 Å². The van der Waals surface area contributed by atoms with Gasteiger partial charge in [0.15, 0.2) is 5.58 Å². The number of fused-ring (bicyclic) bond motifs is 1. The number of piperazine rings is 1. The van der Waals surface area contributed by atoms with Gasteiger partial charge in [-0.1, -0.05) is 29.4 Å². The van der Waals surface area contributed by atoms with E-state index >= 15 is 0 Å². The summed E-state index contributed by atoms with van der Waals surface area (Å²) in [6, 6.07) is 16.2. The Morgan fingerprint density at radius 1 is 1.00 bits per heavy atom. The van der Waals surface area contributed by atoms with E-state index < -0.39 is 0 Å². The summed E-state index contributed by atoms with van der Waals surface area (Å²) in [5, 5.41) is 4.11. The largest absolute Gasteiger partial charge is 0.497 e. The summed E-state index contributed by atoms with van der Waals surface area (Å²) >= 11 is 0. The molecular weight excluding hydrogens is 370 g/mol. The molecule has 148 valence electrons. The average molecular weight is 391 g/mol. The zero-order valence-electron chi connectivity index (χ0n) is 16.1. The van der Waals surface area contributed by atoms with Crippen molar-refractivity contribution in [2.24, 2.45) is 0 Å². The number of hydrogen-bond acceptors (Lipinski definition) is 8. The minimum Gasteiger partial charge on any atom is -0.497 e. The van der Waals surface area contributed by atoms with Gasteiger partial charge in [0, 0.05) is 31.7 Å². The molecule has 0 spiro atoms. The number of hydrogen-bond donors (Lipinski definition) is 0. The van der Waals surface area contributed by atoms with Gasteiger partial charge < -0.3 is 18.6 Å². The second-order valence-electron chi connectivity index (χ2n) is 6.97. The summed E-state index contributed by atoms with van der Waals surface area (Å²) in [6.45, 7) is 4.04. The van der Waals surface area contributed by atoms with E-state index in [0.29, 0.717) is 24.3 Å². The molecule has 1 saturated heterocycles. The third-order valence-electron chi connectivity index (χ3n) is 5.08. The second kappa shape index (κ2) is 7.56. The molecule has 0 aliphatic carbocycles. The summed E-state index contributed by atoms with van der Waals surface area (Å²) in [4.78, 5) is 13.6. The van der Waals surface area contributed by atoms with Gasteiger partial charge in [-0.25, -0.2) is 0 Å². The number of nitrogens with zero attached hydrogens (tertiary/aromatic N) is 5. The van der Waals surface area contributed by atoms with Gasteiger partial charge in [0.1, 0.15) is 11.3 Å². The Balaban J connectivity index is 1.21. The molecule has 0 bridgehead atoms. The van der Waals surface area contributed by atoms with E-state index in [1.165, 1.54) is 0 Å². The van der Waals surface area contributed by atoms with E-state index in [9.17, 15) is 0 Å². The van der Waals surface area contributed by atoms with Gasteiger partial charge in [-0.2, -0.15) is 9.97 Å². The first-order valence-electron chi connectivity index (χ1n) is 9.58. The molecular formula is C21H21N5O3. The van der Waals surface area contributed by atoms with Crippen molar-refractivity contribution in [3.8, 4) is 17.1 Å². The van der Waals surface area contributed by atoms with Gasteiger partial charge in [-0.15, -0.1) is 0 Å². The lowest BCUT2D eigenvalue weighted by Gasteiger charge is -2.32. The smallest absolute Gasteiger partial charge is 0.298 e. The first-order chi connectivity index (χ1) is 14.3. The Bertz CT molecular complexity index is 1080. The fourth-order valence-corrected chi connectivity index (χ4v) is 3.48. The quantitative estimate of drug-likeness (QED) is 0.513. The molecule has 2 aromatic carbocycles. The number of anilines is 1. The first kappa shape index (κ1) is 17.7. The molecule has 0 radical (unpaired) electrons. The molecule has 1 aliphatic rings. The van der Waals surface area contributed by atoms with Crippen LogP contribution in [0.15, 0.2) is 57.5 Å². The third-order valence-corrected chi connectivity index (χ3v) is 5.08. The maximum Gasteiger partial charge on any atom is 0.298 e. The Labute approximate surface area is 167 Å². The van der Waals surface area contributed by atoms with Gasteiger partial charge in [-0.3, -0.25) is 4.90 Å². The molecule has 1 fully saturated rings. The van der Waals surface area contributed by atoms with Gasteiger partial charge >= 0.3 is 0 Å². The van der Waals surface area contributed by atoms with Crippen LogP contribution < -0.4 is 9.64 Å². The fourth-order valence-electron chi connectivity index (χ4n) is 3.48. The molecule has 3 heterocycles. The number of rotatable bonds is 5. The lowest BCUT2D eigenvalue weighted by atomic mass is 10.2. The van der Waals surface area contributed by atoms with Crippen LogP contribution in [0, 0.1) is 0 Å². The standard InChI is InChI=1S/C21H21N5O3/c1-27-16-6-4-5-15(13-16)20-23-19(29-24-20)14-25-9-11-26(12-10-25)21-22-17-7-2-3-8-18(17)28-21/h2-8,13H,9-12,14H2,1H3. The average Bonchev–Trinajstić information content (AvgIpc) is 3.41. The van der Waals surface area contributed by atoms with Crippen LogP contribution in [0.1, 0.15) is 5.89 Å². The highest BCUT2D eigenvalue weighted by Crippen LogP contribution is 2.24. The monoisotopic (exact) mass is 391 g/mol. The van der Waals surface area contributed by atoms with Crippen LogP contribution in [-0.4, -0.2) is 53.3 Å². The second-order valence-corrected chi connectivity index (χ2v) is 6.97. The zero-order chi connectivity index (χ0) is 19.6. The number of oxazole rings is 1. The highest BCUT2D eigenvalue weighted by atomic mass is 16.5. The maximum atomic E-state index is 5.88. The Morgan fingerprint density at radius 3 is 2.69 bits per heavy atom. The van der Waals surface area contributed by atoms with Gasteiger partial charge in [0.25, 0.3) is 6.01 Å². The summed E-state index contributed by atoms with van der Waals surface area (Å²) in [6.07, 6.45) is 0. The van der Waals surface area contributed by atoms with Crippen molar-refractivity contribution in [2.75, 3.05) is 38.2 Å². The molecule has 0 saturated carbocycles. The predicted octanol–water partition coefficient (Wildman–Crippen LogP) is 3.21. The lowest BCUT2D eigenvalue weighted by Crippen LogP contribution is -2.46. The highest BCUT2D eigenvalue weighted by Gasteiger charge is 2.22. The molecule has 0 unspecified atom stereocenters. The number of aromatic nitrogens is 3. The molecule has 4 aromatic rings. The predicted molar refractivity (Wildman–Crippen MR) is 108 cm³/mol. The number of para-hydroxylation sites is 2. The zero-order valence-corrected chi connectivity index (χ0v) is 16.1. The van der Waals surface area contributed by atoms with Crippen molar-refractivity contribution in [1.82, 2.24) is 20.0 Å². The molecule has 1 aliphatic heterocycles. The summed E-state index contributed by atoms with van der Waals surface area (Å²) in [5.41, 5.74) is 2.59. The molecule has 8 heteroatoms. The Hall–Kier alpha value is -3.39. The van der Waals surface area contributed by atoms with E-state index in [2.05, 4.69) is 24.9 Å². The van der Waals surface area contributed by atoms with Crippen LogP contribution in [-0.2, 0) is 6.54 Å². The molecule has 0 atom stereocenters. The van der Waals surface area contributed by atoms with E-state index in [1.807, 2.05) is 48.5 Å². The fraction of sp³-hybridized carbons (Fsp3) is 0.286. The Kier molecular flexibility index (Phi) is 4.61. The third kappa shape index (κ3) is 3.66. The number of ether oxygens (including phenoxy) is 1. The Morgan fingerprint density at radius 2 is 1.86 bits per heavy atom. The normalized spacial score (nSPS) is 15.1. The van der Waals surface area contributed by atoms with Gasteiger partial charge in [0.2, 0.25) is 11.7 Å². The summed E-state index contributed by atoms with van der Waals surface area (Å²) < 4.78 is 16.6. The van der Waals surface area contributed by atoms with E-state index in [-0.39, 0.29) is 0 Å². The van der Waals surface area contributed by atoms with Crippen molar-refractivity contribution in [2.45, 2.75) is 6.54 Å². The summed E-state index contributed by atoms with van der Waals surface area (Å²) in [5.74, 6) is 1.95. The maximum absolute atomic E-state index is 5.88. The lowest BCUT2D eigenvalue weighted by molar-refractivity contribution is 0.213. The molecule has 8 nitrogen and oxygen atoms in total. The highest BCUT2D eigenvalue weighted by molar-refractivity contribution is 5.74. The van der Waals surface area contributed by atoms with Crippen molar-refractivity contribution in [3.05, 3.63) is 54.4 Å². The number of methoxy groups -OCH3 is 1.